The summed E-state index contributed by atoms with van der Waals surface area (Å²) in [4.78, 5) is 11.1. The number of aryl methyl sites for hydroxylation is 1. The van der Waals surface area contributed by atoms with E-state index < -0.39 is 5.97 Å². The minimum Gasteiger partial charge on any atom is -0.507 e. The number of carboxylic acids is 1. The second kappa shape index (κ2) is 6.67. The number of carboxylic acid groups (broad SMARTS) is 1. The van der Waals surface area contributed by atoms with Crippen LogP contribution in [0.5, 0.6) is 5.75 Å². The molecule has 4 N–H and O–H groups in total. The van der Waals surface area contributed by atoms with Gasteiger partial charge in [0, 0.05) is 5.92 Å². The first kappa shape index (κ1) is 15.3. The van der Waals surface area contributed by atoms with Gasteiger partial charge in [0.1, 0.15) is 11.3 Å². The largest absolute Gasteiger partial charge is 0.507 e. The van der Waals surface area contributed by atoms with E-state index >= 15 is 0 Å². The molecule has 1 fully saturated rings. The lowest BCUT2D eigenvalue weighted by atomic mass is 9.87. The van der Waals surface area contributed by atoms with Crippen LogP contribution in [0.25, 0.3) is 0 Å². The van der Waals surface area contributed by atoms with Crippen molar-refractivity contribution in [3.63, 3.8) is 0 Å². The van der Waals surface area contributed by atoms with Crippen LogP contribution in [0.1, 0.15) is 53.3 Å². The average molecular weight is 306 g/mol. The third-order valence-electron chi connectivity index (χ3n) is 4.80. The van der Waals surface area contributed by atoms with Gasteiger partial charge in [0.25, 0.3) is 0 Å². The molecule has 2 aliphatic rings. The fourth-order valence-electron chi connectivity index (χ4n) is 3.57. The van der Waals surface area contributed by atoms with Gasteiger partial charge in [-0.05, 0) is 55.4 Å². The summed E-state index contributed by atoms with van der Waals surface area (Å²) in [6.07, 6.45) is 5.25. The molecule has 0 radical (unpaired) electrons. The standard InChI is InChI=1S/C17H23NO4/c19-15-8-13-12(7-14(15)17(20)21)4-1-5-16(13)22-10-11-3-2-6-18-9-11/h7-8,11,16,18-19H,1-6,9-10H2,(H,20,21)/p+1. The van der Waals surface area contributed by atoms with Gasteiger partial charge in [0.15, 0.2) is 0 Å². The molecule has 3 rings (SSSR count). The van der Waals surface area contributed by atoms with Gasteiger partial charge in [-0.25, -0.2) is 4.79 Å². The first-order valence-corrected chi connectivity index (χ1v) is 8.17. The SMILES string of the molecule is O=C(O)c1cc2c(cc1O)C(OCC1CCC[NH2+]C1)CCC2. The van der Waals surface area contributed by atoms with Gasteiger partial charge in [-0.1, -0.05) is 0 Å². The molecule has 0 bridgehead atoms. The Balaban J connectivity index is 1.73. The van der Waals surface area contributed by atoms with E-state index in [0.717, 1.165) is 43.5 Å². The highest BCUT2D eigenvalue weighted by Gasteiger charge is 2.26. The number of piperidine rings is 1. The van der Waals surface area contributed by atoms with Gasteiger partial charge in [-0.3, -0.25) is 0 Å². The Morgan fingerprint density at radius 1 is 1.32 bits per heavy atom. The van der Waals surface area contributed by atoms with Gasteiger partial charge >= 0.3 is 5.97 Å². The highest BCUT2D eigenvalue weighted by atomic mass is 16.5. The van der Waals surface area contributed by atoms with Crippen LogP contribution in [0.2, 0.25) is 0 Å². The highest BCUT2D eigenvalue weighted by Crippen LogP contribution is 2.36. The van der Waals surface area contributed by atoms with Crippen LogP contribution < -0.4 is 5.32 Å². The first-order chi connectivity index (χ1) is 10.6. The fraction of sp³-hybridized carbons (Fsp3) is 0.588. The molecule has 1 saturated heterocycles. The van der Waals surface area contributed by atoms with Crippen LogP contribution in [-0.4, -0.2) is 35.9 Å². The lowest BCUT2D eigenvalue weighted by Crippen LogP contribution is -2.87. The molecule has 1 aromatic carbocycles. The second-order valence-corrected chi connectivity index (χ2v) is 6.41. The molecule has 0 spiro atoms. The number of aromatic hydroxyl groups is 1. The van der Waals surface area contributed by atoms with E-state index in [2.05, 4.69) is 5.32 Å². The van der Waals surface area contributed by atoms with E-state index in [1.165, 1.54) is 19.4 Å². The van der Waals surface area contributed by atoms with Gasteiger partial charge < -0.3 is 20.3 Å². The summed E-state index contributed by atoms with van der Waals surface area (Å²) < 4.78 is 6.13. The second-order valence-electron chi connectivity index (χ2n) is 6.41. The minimum absolute atomic E-state index is 0.0127. The summed E-state index contributed by atoms with van der Waals surface area (Å²) >= 11 is 0. The predicted octanol–water partition coefficient (Wildman–Crippen LogP) is 1.46. The van der Waals surface area contributed by atoms with Crippen molar-refractivity contribution < 1.29 is 25.1 Å². The Morgan fingerprint density at radius 3 is 2.91 bits per heavy atom. The van der Waals surface area contributed by atoms with Crippen molar-refractivity contribution in [1.82, 2.24) is 0 Å². The maximum Gasteiger partial charge on any atom is 0.339 e. The number of aromatic carboxylic acids is 1. The molecule has 0 amide bonds. The minimum atomic E-state index is -1.08. The molecule has 120 valence electrons. The van der Waals surface area contributed by atoms with Crippen molar-refractivity contribution in [3.8, 4) is 5.75 Å². The third-order valence-corrected chi connectivity index (χ3v) is 4.80. The zero-order valence-electron chi connectivity index (χ0n) is 12.8. The number of phenols is 1. The topological polar surface area (TPSA) is 83.4 Å². The van der Waals surface area contributed by atoms with Crippen LogP contribution in [0.3, 0.4) is 0 Å². The van der Waals surface area contributed by atoms with Gasteiger partial charge in [-0.2, -0.15) is 0 Å². The fourth-order valence-corrected chi connectivity index (χ4v) is 3.57. The Morgan fingerprint density at radius 2 is 2.18 bits per heavy atom. The molecule has 1 aromatic rings. The van der Waals surface area contributed by atoms with Gasteiger partial charge in [0.2, 0.25) is 0 Å². The number of fused-ring (bicyclic) bond motifs is 1. The maximum atomic E-state index is 11.1. The van der Waals surface area contributed by atoms with Crippen LogP contribution >= 0.6 is 0 Å². The average Bonchev–Trinajstić information content (AvgIpc) is 2.53. The monoisotopic (exact) mass is 306 g/mol. The van der Waals surface area contributed by atoms with Crippen molar-refractivity contribution >= 4 is 5.97 Å². The molecule has 1 heterocycles. The van der Waals surface area contributed by atoms with Crippen molar-refractivity contribution in [3.05, 3.63) is 28.8 Å². The molecule has 0 saturated carbocycles. The lowest BCUT2D eigenvalue weighted by Gasteiger charge is -2.28. The van der Waals surface area contributed by atoms with E-state index in [4.69, 9.17) is 9.84 Å². The van der Waals surface area contributed by atoms with Crippen molar-refractivity contribution in [2.75, 3.05) is 19.7 Å². The number of ether oxygens (including phenoxy) is 1. The predicted molar refractivity (Wildman–Crippen MR) is 81.1 cm³/mol. The van der Waals surface area contributed by atoms with Crippen LogP contribution in [0.4, 0.5) is 0 Å². The molecule has 2 unspecified atom stereocenters. The van der Waals surface area contributed by atoms with E-state index in [0.29, 0.717) is 5.92 Å². The van der Waals surface area contributed by atoms with Crippen molar-refractivity contribution in [2.45, 2.75) is 38.2 Å². The zero-order valence-corrected chi connectivity index (χ0v) is 12.8. The van der Waals surface area contributed by atoms with E-state index in [-0.39, 0.29) is 17.4 Å². The third kappa shape index (κ3) is 3.25. The first-order valence-electron chi connectivity index (χ1n) is 8.17. The van der Waals surface area contributed by atoms with Crippen LogP contribution in [0.15, 0.2) is 12.1 Å². The summed E-state index contributed by atoms with van der Waals surface area (Å²) in [5.74, 6) is -0.639. The number of quaternary nitrogens is 1. The van der Waals surface area contributed by atoms with Crippen molar-refractivity contribution in [2.24, 2.45) is 5.92 Å². The molecule has 1 aliphatic carbocycles. The highest BCUT2D eigenvalue weighted by molar-refractivity contribution is 5.91. The maximum absolute atomic E-state index is 11.1. The molecule has 22 heavy (non-hydrogen) atoms. The van der Waals surface area contributed by atoms with Gasteiger partial charge in [-0.15, -0.1) is 0 Å². The lowest BCUT2D eigenvalue weighted by molar-refractivity contribution is -0.669. The molecule has 2 atom stereocenters. The summed E-state index contributed by atoms with van der Waals surface area (Å²) in [6, 6.07) is 3.20. The van der Waals surface area contributed by atoms with Gasteiger partial charge in [0.05, 0.1) is 25.8 Å². The van der Waals surface area contributed by atoms with Crippen LogP contribution in [0, 0.1) is 5.92 Å². The normalized spacial score (nSPS) is 24.7. The number of benzene rings is 1. The quantitative estimate of drug-likeness (QED) is 0.786. The molecule has 5 heteroatoms. The molecular weight excluding hydrogens is 282 g/mol. The molecule has 0 aromatic heterocycles. The number of rotatable bonds is 4. The zero-order chi connectivity index (χ0) is 15.5. The van der Waals surface area contributed by atoms with Crippen molar-refractivity contribution in [1.29, 1.82) is 0 Å². The van der Waals surface area contributed by atoms with E-state index in [1.807, 2.05) is 0 Å². The van der Waals surface area contributed by atoms with E-state index in [1.54, 1.807) is 12.1 Å². The summed E-state index contributed by atoms with van der Waals surface area (Å²) in [5.41, 5.74) is 1.96. The molecular formula is C17H24NO4+. The Hall–Kier alpha value is -1.59. The number of hydrogen-bond acceptors (Lipinski definition) is 3. The Kier molecular flexibility index (Phi) is 4.64. The number of hydrogen-bond donors (Lipinski definition) is 3. The summed E-state index contributed by atoms with van der Waals surface area (Å²) in [6.45, 7) is 3.10. The summed E-state index contributed by atoms with van der Waals surface area (Å²) in [7, 11) is 0. The smallest absolute Gasteiger partial charge is 0.339 e. The van der Waals surface area contributed by atoms with Crippen LogP contribution in [-0.2, 0) is 11.2 Å². The van der Waals surface area contributed by atoms with E-state index in [9.17, 15) is 9.90 Å². The molecule has 5 nitrogen and oxygen atoms in total. The number of nitrogens with two attached hydrogens (primary N) is 1. The Bertz CT molecular complexity index is 552. The Labute approximate surface area is 130 Å². The molecule has 1 aliphatic heterocycles. The number of carbonyl (C=O) groups is 1. The summed E-state index contributed by atoms with van der Waals surface area (Å²) in [5, 5.41) is 21.4.